The number of esters is 1. The molecule has 43 heavy (non-hydrogen) atoms. The Morgan fingerprint density at radius 2 is 1.81 bits per heavy atom. The number of halogens is 1. The van der Waals surface area contributed by atoms with Crippen molar-refractivity contribution in [3.8, 4) is 5.75 Å². The predicted octanol–water partition coefficient (Wildman–Crippen LogP) is 6.52. The van der Waals surface area contributed by atoms with Crippen LogP contribution < -0.4 is 15.3 Å². The van der Waals surface area contributed by atoms with Crippen LogP contribution in [-0.4, -0.2) is 45.9 Å². The molecule has 0 aliphatic rings. The van der Waals surface area contributed by atoms with E-state index < -0.39 is 25.9 Å². The smallest absolute Gasteiger partial charge is 0.459 e. The molecule has 4 rings (SSSR count). The number of fused-ring (bicyclic) bond motifs is 3. The average molecular weight is 632 g/mol. The van der Waals surface area contributed by atoms with Gasteiger partial charge in [0.1, 0.15) is 29.7 Å². The van der Waals surface area contributed by atoms with Crippen molar-refractivity contribution in [2.75, 3.05) is 18.9 Å². The highest BCUT2D eigenvalue weighted by atomic mass is 35.5. The van der Waals surface area contributed by atoms with Crippen molar-refractivity contribution in [2.24, 2.45) is 5.41 Å². The van der Waals surface area contributed by atoms with E-state index >= 15 is 0 Å². The molecule has 0 spiro atoms. The van der Waals surface area contributed by atoms with E-state index in [4.69, 9.17) is 40.8 Å². The van der Waals surface area contributed by atoms with Gasteiger partial charge in [-0.3, -0.25) is 9.32 Å². The van der Waals surface area contributed by atoms with Gasteiger partial charge in [0.15, 0.2) is 5.82 Å². The summed E-state index contributed by atoms with van der Waals surface area (Å²) in [5, 5.41) is 4.09. The molecule has 0 saturated heterocycles. The molecule has 13 heteroatoms. The molecule has 0 radical (unpaired) electrons. The molecule has 2 aromatic heterocycles. The molecule has 3 N–H and O–H groups in total. The fourth-order valence-corrected chi connectivity index (χ4v) is 6.15. The Morgan fingerprint density at radius 3 is 2.49 bits per heavy atom. The number of nitrogens with zero attached hydrogens (tertiary/aromatic N) is 3. The first-order valence-electron chi connectivity index (χ1n) is 14.1. The number of benzene rings is 2. The largest absolute Gasteiger partial charge is 0.464 e. The molecule has 0 amide bonds. The van der Waals surface area contributed by atoms with Gasteiger partial charge in [-0.05, 0) is 56.5 Å². The van der Waals surface area contributed by atoms with E-state index in [2.05, 4.69) is 10.1 Å². The molecule has 11 nitrogen and oxygen atoms in total. The normalized spacial score (nSPS) is 14.9. The lowest BCUT2D eigenvalue weighted by Gasteiger charge is -2.27. The van der Waals surface area contributed by atoms with Crippen LogP contribution in [0.4, 0.5) is 5.82 Å². The Hall–Kier alpha value is -3.21. The highest BCUT2D eigenvalue weighted by Gasteiger charge is 2.35. The third-order valence-corrected chi connectivity index (χ3v) is 8.32. The molecule has 0 aliphatic carbocycles. The second kappa shape index (κ2) is 13.6. The molecule has 0 bridgehead atoms. The van der Waals surface area contributed by atoms with E-state index in [0.29, 0.717) is 34.3 Å². The summed E-state index contributed by atoms with van der Waals surface area (Å²) in [4.78, 5) is 22.0. The van der Waals surface area contributed by atoms with Gasteiger partial charge in [0.25, 0.3) is 0 Å². The molecule has 2 heterocycles. The Labute approximate surface area is 256 Å². The highest BCUT2D eigenvalue weighted by Crippen LogP contribution is 2.46. The summed E-state index contributed by atoms with van der Waals surface area (Å²) in [6.45, 7) is 12.2. The van der Waals surface area contributed by atoms with Gasteiger partial charge in [-0.15, -0.1) is 0 Å². The fraction of sp³-hybridized carbons (Fsp3) is 0.433. The van der Waals surface area contributed by atoms with Crippen LogP contribution in [0.25, 0.3) is 21.9 Å². The quantitative estimate of drug-likeness (QED) is 0.124. The van der Waals surface area contributed by atoms with Crippen LogP contribution in [0.1, 0.15) is 47.4 Å². The van der Waals surface area contributed by atoms with Gasteiger partial charge >= 0.3 is 13.7 Å². The molecule has 0 saturated carbocycles. The maximum atomic E-state index is 14.2. The number of carbonyl (C=O) groups excluding carboxylic acids is 1. The van der Waals surface area contributed by atoms with Crippen LogP contribution >= 0.6 is 19.3 Å². The van der Waals surface area contributed by atoms with Gasteiger partial charge in [0.05, 0.1) is 30.3 Å². The molecular formula is C30H39ClN5O6P. The van der Waals surface area contributed by atoms with Crippen LogP contribution in [0.2, 0.25) is 5.02 Å². The first-order valence-corrected chi connectivity index (χ1v) is 16.0. The molecule has 3 atom stereocenters. The van der Waals surface area contributed by atoms with Crippen LogP contribution in [-0.2, 0) is 36.5 Å². The number of pyridine rings is 1. The maximum absolute atomic E-state index is 14.2. The van der Waals surface area contributed by atoms with Crippen molar-refractivity contribution < 1.29 is 27.9 Å². The third-order valence-electron chi connectivity index (χ3n) is 6.28. The van der Waals surface area contributed by atoms with Gasteiger partial charge in [-0.25, -0.2) is 14.5 Å². The summed E-state index contributed by atoms with van der Waals surface area (Å²) < 4.78 is 39.3. The van der Waals surface area contributed by atoms with Crippen molar-refractivity contribution in [3.05, 3.63) is 59.4 Å². The first-order chi connectivity index (χ1) is 20.3. The second-order valence-electron chi connectivity index (χ2n) is 11.5. The lowest BCUT2D eigenvalue weighted by Crippen LogP contribution is -2.37. The summed E-state index contributed by atoms with van der Waals surface area (Å²) in [6.07, 6.45) is -0.700. The number of imidazole rings is 1. The van der Waals surface area contributed by atoms with Gasteiger partial charge in [-0.1, -0.05) is 50.6 Å². The van der Waals surface area contributed by atoms with Crippen molar-refractivity contribution in [3.63, 3.8) is 0 Å². The van der Waals surface area contributed by atoms with Crippen LogP contribution in [0, 0.1) is 5.41 Å². The number of rotatable bonds is 13. The van der Waals surface area contributed by atoms with Crippen molar-refractivity contribution in [1.82, 2.24) is 19.6 Å². The number of hydrogen-bond acceptors (Lipinski definition) is 9. The number of para-hydroxylation sites is 1. The highest BCUT2D eigenvalue weighted by molar-refractivity contribution is 7.52. The molecule has 0 fully saturated rings. The minimum Gasteiger partial charge on any atom is -0.464 e. The molecular weight excluding hydrogens is 593 g/mol. The standard InChI is InChI=1S/C30H39ClN5O6P/c1-7-39-17-25-34-26-27(23-10-8-9-11-24(23)33-28(26)32)36(25)16-19(2)41-43(38,42-22-14-12-21(31)13-15-22)35-20(3)29(37)40-18-30(4,5)6/h8-15,19-20H,7,16-18H2,1-6H3,(H2,32,33)(H,35,38)/t19-,20+,43?/m1/s1. The second-order valence-corrected chi connectivity index (χ2v) is 13.5. The molecule has 0 aliphatic heterocycles. The molecule has 2 aromatic carbocycles. The van der Waals surface area contributed by atoms with Crippen LogP contribution in [0.5, 0.6) is 5.75 Å². The molecule has 4 aromatic rings. The number of anilines is 1. The Kier molecular flexibility index (Phi) is 10.4. The zero-order valence-electron chi connectivity index (χ0n) is 25.3. The number of carbonyl (C=O) groups is 1. The minimum atomic E-state index is -4.16. The number of nitrogen functional groups attached to an aromatic ring is 1. The minimum absolute atomic E-state index is 0.194. The number of nitrogens with one attached hydrogen (secondary N) is 1. The number of nitrogens with two attached hydrogens (primary N) is 1. The maximum Gasteiger partial charge on any atom is 0.459 e. The van der Waals surface area contributed by atoms with Crippen LogP contribution in [0.3, 0.4) is 0 Å². The van der Waals surface area contributed by atoms with Crippen molar-refractivity contribution >= 4 is 53.1 Å². The SMILES string of the molecule is CCOCc1nc2c(N)nc3ccccc3c2n1C[C@@H](C)OP(=O)(N[C@@H](C)C(=O)OCC(C)(C)C)Oc1ccc(Cl)cc1. The van der Waals surface area contributed by atoms with Crippen LogP contribution in [0.15, 0.2) is 48.5 Å². The van der Waals surface area contributed by atoms with Gasteiger partial charge in [-0.2, -0.15) is 5.09 Å². The summed E-state index contributed by atoms with van der Waals surface area (Å²) in [5.74, 6) is 0.565. The van der Waals surface area contributed by atoms with Gasteiger partial charge in [0.2, 0.25) is 0 Å². The zero-order chi connectivity index (χ0) is 31.4. The predicted molar refractivity (Wildman–Crippen MR) is 168 cm³/mol. The monoisotopic (exact) mass is 631 g/mol. The molecule has 1 unspecified atom stereocenters. The van der Waals surface area contributed by atoms with E-state index in [9.17, 15) is 9.36 Å². The van der Waals surface area contributed by atoms with E-state index in [1.165, 1.54) is 0 Å². The van der Waals surface area contributed by atoms with E-state index in [-0.39, 0.29) is 30.9 Å². The molecule has 232 valence electrons. The Bertz CT molecular complexity index is 1620. The number of hydrogen-bond donors (Lipinski definition) is 2. The number of aromatic nitrogens is 3. The van der Waals surface area contributed by atoms with Crippen molar-refractivity contribution in [2.45, 2.75) is 66.8 Å². The fourth-order valence-electron chi connectivity index (χ4n) is 4.35. The Morgan fingerprint density at radius 1 is 1.12 bits per heavy atom. The van der Waals surface area contributed by atoms with E-state index in [1.54, 1.807) is 38.1 Å². The van der Waals surface area contributed by atoms with Gasteiger partial charge < -0.3 is 24.3 Å². The summed E-state index contributed by atoms with van der Waals surface area (Å²) in [5.41, 5.74) is 8.08. The third kappa shape index (κ3) is 8.46. The Balaban J connectivity index is 1.66. The average Bonchev–Trinajstić information content (AvgIpc) is 3.29. The number of ether oxygens (including phenoxy) is 2. The van der Waals surface area contributed by atoms with E-state index in [1.807, 2.05) is 56.5 Å². The zero-order valence-corrected chi connectivity index (χ0v) is 26.9. The van der Waals surface area contributed by atoms with Gasteiger partial charge in [0, 0.05) is 17.0 Å². The van der Waals surface area contributed by atoms with Crippen molar-refractivity contribution in [1.29, 1.82) is 0 Å². The lowest BCUT2D eigenvalue weighted by molar-refractivity contribution is -0.148. The topological polar surface area (TPSA) is 140 Å². The lowest BCUT2D eigenvalue weighted by atomic mass is 9.99. The first kappa shape index (κ1) is 32.7. The summed E-state index contributed by atoms with van der Waals surface area (Å²) in [7, 11) is -4.16. The summed E-state index contributed by atoms with van der Waals surface area (Å²) >= 11 is 6.03. The van der Waals surface area contributed by atoms with E-state index in [0.717, 1.165) is 10.9 Å². The summed E-state index contributed by atoms with van der Waals surface area (Å²) in [6, 6.07) is 13.0.